The van der Waals surface area contributed by atoms with E-state index in [4.69, 9.17) is 9.15 Å². The summed E-state index contributed by atoms with van der Waals surface area (Å²) in [4.78, 5) is 11.6. The summed E-state index contributed by atoms with van der Waals surface area (Å²) in [5.74, 6) is 0.226. The topological polar surface area (TPSA) is 63.8 Å². The molecule has 0 bridgehead atoms. The second kappa shape index (κ2) is 8.01. The summed E-state index contributed by atoms with van der Waals surface area (Å²) in [5, 5.41) is 4.54. The van der Waals surface area contributed by atoms with Crippen LogP contribution in [0.15, 0.2) is 64.1 Å². The van der Waals surface area contributed by atoms with Gasteiger partial charge in [0.15, 0.2) is 0 Å². The van der Waals surface area contributed by atoms with E-state index in [-0.39, 0.29) is 20.3 Å². The van der Waals surface area contributed by atoms with Crippen LogP contribution < -0.4 is 5.43 Å². The van der Waals surface area contributed by atoms with Crippen molar-refractivity contribution in [3.05, 3.63) is 80.6 Å². The zero-order valence-electron chi connectivity index (χ0n) is 14.0. The maximum absolute atomic E-state index is 11.6. The molecule has 1 aromatic carbocycles. The van der Waals surface area contributed by atoms with Crippen molar-refractivity contribution in [2.45, 2.75) is 13.5 Å². The van der Waals surface area contributed by atoms with E-state index >= 15 is 0 Å². The molecule has 1 N–H and O–H groups in total. The number of esters is 1. The summed E-state index contributed by atoms with van der Waals surface area (Å²) >= 11 is 0.200. The Morgan fingerprint density at radius 2 is 1.88 bits per heavy atom. The molecular weight excluding hydrogens is 383 g/mol. The van der Waals surface area contributed by atoms with Crippen molar-refractivity contribution in [3.63, 3.8) is 0 Å². The predicted molar refractivity (Wildman–Crippen MR) is 97.1 cm³/mol. The molecule has 3 rings (SSSR count). The van der Waals surface area contributed by atoms with Crippen LogP contribution in [0, 0.1) is 6.92 Å². The summed E-state index contributed by atoms with van der Waals surface area (Å²) in [6, 6.07) is 17.5. The van der Waals surface area contributed by atoms with Gasteiger partial charge in [0.2, 0.25) is 0 Å². The molecule has 0 aliphatic carbocycles. The van der Waals surface area contributed by atoms with Gasteiger partial charge in [0.1, 0.15) is 0 Å². The third-order valence-corrected chi connectivity index (χ3v) is 5.63. The molecule has 0 radical (unpaired) electrons. The molecule has 0 aliphatic heterocycles. The quantitative estimate of drug-likeness (QED) is 0.299. The van der Waals surface area contributed by atoms with Crippen LogP contribution in [-0.4, -0.2) is 33.3 Å². The van der Waals surface area contributed by atoms with Gasteiger partial charge < -0.3 is 0 Å². The fourth-order valence-electron chi connectivity index (χ4n) is 2.27. The van der Waals surface area contributed by atoms with Gasteiger partial charge in [-0.05, 0) is 0 Å². The van der Waals surface area contributed by atoms with E-state index in [1.807, 2.05) is 30.3 Å². The van der Waals surface area contributed by atoms with Crippen molar-refractivity contribution in [3.8, 4) is 0 Å². The van der Waals surface area contributed by atoms with Gasteiger partial charge in [-0.15, -0.1) is 0 Å². The number of nitrogens with zero attached hydrogens (tertiary/aromatic N) is 1. The number of ether oxygens (including phenoxy) is 1. The number of benzene rings is 1. The number of aryl methyl sites for hydroxylation is 1. The predicted octanol–water partition coefficient (Wildman–Crippen LogP) is 2.97. The van der Waals surface area contributed by atoms with E-state index in [0.29, 0.717) is 12.3 Å². The maximum atomic E-state index is 11.6. The molecule has 0 unspecified atom stereocenters. The second-order valence-electron chi connectivity index (χ2n) is 5.35. The summed E-state index contributed by atoms with van der Waals surface area (Å²) < 4.78 is 12.8. The molecule has 0 spiro atoms. The van der Waals surface area contributed by atoms with Gasteiger partial charge in [-0.2, -0.15) is 0 Å². The first kappa shape index (κ1) is 17.3. The van der Waals surface area contributed by atoms with Gasteiger partial charge in [0.25, 0.3) is 0 Å². The van der Waals surface area contributed by atoms with E-state index in [9.17, 15) is 4.79 Å². The second-order valence-corrected chi connectivity index (χ2v) is 8.05. The summed E-state index contributed by atoms with van der Waals surface area (Å²) in [6.07, 6.45) is 0. The van der Waals surface area contributed by atoms with Crippen LogP contribution in [0.25, 0.3) is 0 Å². The van der Waals surface area contributed by atoms with Gasteiger partial charge in [-0.1, -0.05) is 0 Å². The number of hydrogen-bond donors (Lipinski definition) is 1. The minimum atomic E-state index is -0.497. The average Bonchev–Trinajstić information content (AvgIpc) is 3.28. The molecule has 0 saturated carbocycles. The molecule has 2 heterocycles. The van der Waals surface area contributed by atoms with E-state index in [1.54, 1.807) is 12.1 Å². The Hall–Kier alpha value is -2.56. The van der Waals surface area contributed by atoms with Crippen LogP contribution in [0.3, 0.4) is 0 Å². The molecule has 128 valence electrons. The van der Waals surface area contributed by atoms with Crippen molar-refractivity contribution in [2.75, 3.05) is 7.11 Å². The van der Waals surface area contributed by atoms with Crippen molar-refractivity contribution in [1.29, 1.82) is 0 Å². The number of furan rings is 1. The summed E-state index contributed by atoms with van der Waals surface area (Å²) in [7, 11) is 1.33. The van der Waals surface area contributed by atoms with Gasteiger partial charge in [-0.25, -0.2) is 0 Å². The monoisotopic (exact) mass is 402 g/mol. The SMILES string of the molecule is COC(=O)c1ccc(/C(=N\NCc2ccccc2)c2ccc(C)[se]2)o1. The Kier molecular flexibility index (Phi) is 5.53. The molecule has 0 aliphatic rings. The molecule has 3 aromatic rings. The van der Waals surface area contributed by atoms with Crippen LogP contribution in [0.1, 0.15) is 30.8 Å². The average molecular weight is 401 g/mol. The first-order valence-electron chi connectivity index (χ1n) is 7.77. The molecule has 0 saturated heterocycles. The number of nitrogens with one attached hydrogen (secondary N) is 1. The summed E-state index contributed by atoms with van der Waals surface area (Å²) in [6.45, 7) is 2.71. The van der Waals surface area contributed by atoms with Crippen molar-refractivity contribution in [2.24, 2.45) is 5.10 Å². The molecule has 2 aromatic heterocycles. The fourth-order valence-corrected chi connectivity index (χ4v) is 4.08. The molecule has 0 fully saturated rings. The zero-order chi connectivity index (χ0) is 17.6. The molecule has 6 heteroatoms. The van der Waals surface area contributed by atoms with Gasteiger partial charge >= 0.3 is 152 Å². The van der Waals surface area contributed by atoms with Crippen LogP contribution in [-0.2, 0) is 11.3 Å². The number of carbonyl (C=O) groups is 1. The van der Waals surface area contributed by atoms with E-state index < -0.39 is 5.97 Å². The van der Waals surface area contributed by atoms with Crippen molar-refractivity contribution >= 4 is 26.2 Å². The van der Waals surface area contributed by atoms with Crippen LogP contribution >= 0.6 is 0 Å². The molecule has 5 nitrogen and oxygen atoms in total. The van der Waals surface area contributed by atoms with Gasteiger partial charge in [0.05, 0.1) is 0 Å². The van der Waals surface area contributed by atoms with Crippen LogP contribution in [0.2, 0.25) is 0 Å². The third-order valence-electron chi connectivity index (χ3n) is 3.52. The minimum absolute atomic E-state index is 0.170. The third kappa shape index (κ3) is 4.29. The van der Waals surface area contributed by atoms with E-state index in [0.717, 1.165) is 15.7 Å². The first-order chi connectivity index (χ1) is 12.2. The Morgan fingerprint density at radius 3 is 2.56 bits per heavy atom. The number of carbonyl (C=O) groups excluding carboxylic acids is 1. The first-order valence-corrected chi connectivity index (χ1v) is 9.48. The Balaban J connectivity index is 1.86. The fraction of sp³-hybridized carbons (Fsp3) is 0.158. The molecular formula is C19H18N2O3Se. The van der Waals surface area contributed by atoms with E-state index in [2.05, 4.69) is 29.6 Å². The zero-order valence-corrected chi connectivity index (χ0v) is 15.7. The molecule has 0 atom stereocenters. The Labute approximate surface area is 152 Å². The Morgan fingerprint density at radius 1 is 1.12 bits per heavy atom. The Bertz CT molecular complexity index is 881. The number of methoxy groups -OCH3 is 1. The standard InChI is InChI=1S/C19H18N2O3Se/c1-13-8-11-17(25-13)18(15-9-10-16(24-15)19(22)23-2)21-20-12-14-6-4-3-5-7-14/h3-11,20H,12H2,1-2H3/b21-18+. The van der Waals surface area contributed by atoms with Crippen molar-refractivity contribution < 1.29 is 13.9 Å². The summed E-state index contributed by atoms with van der Waals surface area (Å²) in [5.41, 5.74) is 4.96. The van der Waals surface area contributed by atoms with Crippen LogP contribution in [0.4, 0.5) is 0 Å². The van der Waals surface area contributed by atoms with Gasteiger partial charge in [0, 0.05) is 0 Å². The number of hydrazone groups is 1. The number of rotatable bonds is 6. The normalized spacial score (nSPS) is 11.4. The van der Waals surface area contributed by atoms with Gasteiger partial charge in [-0.3, -0.25) is 0 Å². The molecule has 0 amide bonds. The van der Waals surface area contributed by atoms with Crippen LogP contribution in [0.5, 0.6) is 0 Å². The molecule has 25 heavy (non-hydrogen) atoms. The van der Waals surface area contributed by atoms with E-state index in [1.165, 1.54) is 11.5 Å². The van der Waals surface area contributed by atoms with Crippen molar-refractivity contribution in [1.82, 2.24) is 5.43 Å². The number of hydrogen-bond acceptors (Lipinski definition) is 5.